The van der Waals surface area contributed by atoms with Crippen molar-refractivity contribution >= 4 is 55.3 Å². The van der Waals surface area contributed by atoms with Crippen LogP contribution in [-0.2, 0) is 27.6 Å². The van der Waals surface area contributed by atoms with Crippen LogP contribution < -0.4 is 10.0 Å². The molecule has 0 bridgehead atoms. The quantitative estimate of drug-likeness (QED) is 0.458. The normalized spacial score (nSPS) is 13.3. The third-order valence-electron chi connectivity index (χ3n) is 5.04. The van der Waals surface area contributed by atoms with E-state index in [1.165, 1.54) is 29.5 Å². The molecule has 10 heteroatoms. The number of carbonyl (C=O) groups is 2. The molecule has 1 aromatic carbocycles. The Morgan fingerprint density at radius 1 is 1.09 bits per heavy atom. The average Bonchev–Trinajstić information content (AvgIpc) is 3.42. The Hall–Kier alpha value is -2.69. The SMILES string of the molecule is CCOC(=O)c1c(NC(=O)c2ccc(NS(=O)(=O)c3cccs3)cc2)sc2c1CCCC2. The van der Waals surface area contributed by atoms with Gasteiger partial charge in [-0.1, -0.05) is 6.07 Å². The van der Waals surface area contributed by atoms with E-state index in [1.54, 1.807) is 30.5 Å². The van der Waals surface area contributed by atoms with Crippen LogP contribution in [0, 0.1) is 0 Å². The molecular weight excluding hydrogens is 468 g/mol. The third kappa shape index (κ3) is 4.72. The highest BCUT2D eigenvalue weighted by Gasteiger charge is 2.27. The van der Waals surface area contributed by atoms with E-state index in [9.17, 15) is 18.0 Å². The lowest BCUT2D eigenvalue weighted by molar-refractivity contribution is 0.0526. The van der Waals surface area contributed by atoms with Crippen molar-refractivity contribution in [3.8, 4) is 0 Å². The lowest BCUT2D eigenvalue weighted by atomic mass is 9.95. The smallest absolute Gasteiger partial charge is 0.341 e. The molecule has 2 heterocycles. The minimum Gasteiger partial charge on any atom is -0.462 e. The molecule has 0 saturated heterocycles. The number of anilines is 2. The first-order valence-corrected chi connectivity index (χ1v) is 13.4. The highest BCUT2D eigenvalue weighted by Crippen LogP contribution is 2.38. The van der Waals surface area contributed by atoms with Gasteiger partial charge < -0.3 is 10.1 Å². The van der Waals surface area contributed by atoms with Crippen LogP contribution in [0.15, 0.2) is 46.0 Å². The summed E-state index contributed by atoms with van der Waals surface area (Å²) in [6.07, 6.45) is 3.76. The molecule has 2 N–H and O–H groups in total. The summed E-state index contributed by atoms with van der Waals surface area (Å²) in [6.45, 7) is 2.02. The summed E-state index contributed by atoms with van der Waals surface area (Å²) < 4.78 is 32.6. The predicted octanol–water partition coefficient (Wildman–Crippen LogP) is 4.92. The van der Waals surface area contributed by atoms with Crippen LogP contribution in [0.5, 0.6) is 0 Å². The van der Waals surface area contributed by atoms with Crippen molar-refractivity contribution < 1.29 is 22.7 Å². The number of hydrogen-bond acceptors (Lipinski definition) is 7. The Kier molecular flexibility index (Phi) is 6.63. The number of benzene rings is 1. The zero-order chi connectivity index (χ0) is 22.7. The van der Waals surface area contributed by atoms with Crippen LogP contribution in [0.2, 0.25) is 0 Å². The number of aryl methyl sites for hydroxylation is 1. The van der Waals surface area contributed by atoms with Crippen molar-refractivity contribution in [3.63, 3.8) is 0 Å². The van der Waals surface area contributed by atoms with E-state index in [4.69, 9.17) is 4.74 Å². The van der Waals surface area contributed by atoms with Crippen molar-refractivity contribution in [2.24, 2.45) is 0 Å². The van der Waals surface area contributed by atoms with Gasteiger partial charge in [0, 0.05) is 16.1 Å². The fraction of sp³-hybridized carbons (Fsp3) is 0.273. The molecule has 0 atom stereocenters. The number of thiophene rings is 2. The molecule has 1 aliphatic rings. The van der Waals surface area contributed by atoms with Crippen LogP contribution in [-0.4, -0.2) is 26.9 Å². The number of carbonyl (C=O) groups excluding carboxylic acids is 2. The fourth-order valence-corrected chi connectivity index (χ4v) is 6.88. The summed E-state index contributed by atoms with van der Waals surface area (Å²) in [7, 11) is -3.66. The third-order valence-corrected chi connectivity index (χ3v) is 9.02. The Balaban J connectivity index is 1.52. The number of hydrogen-bond donors (Lipinski definition) is 2. The van der Waals surface area contributed by atoms with Gasteiger partial charge in [0.05, 0.1) is 12.2 Å². The van der Waals surface area contributed by atoms with Crippen molar-refractivity contribution in [1.82, 2.24) is 0 Å². The summed E-state index contributed by atoms with van der Waals surface area (Å²) in [5.41, 5.74) is 2.15. The van der Waals surface area contributed by atoms with E-state index < -0.39 is 16.0 Å². The van der Waals surface area contributed by atoms with Gasteiger partial charge in [-0.05, 0) is 73.9 Å². The van der Waals surface area contributed by atoms with Gasteiger partial charge in [0.1, 0.15) is 9.21 Å². The summed E-state index contributed by atoms with van der Waals surface area (Å²) >= 11 is 2.55. The van der Waals surface area contributed by atoms with Gasteiger partial charge >= 0.3 is 5.97 Å². The molecule has 0 radical (unpaired) electrons. The summed E-state index contributed by atoms with van der Waals surface area (Å²) in [4.78, 5) is 26.5. The fourth-order valence-electron chi connectivity index (χ4n) is 3.56. The minimum absolute atomic E-state index is 0.215. The van der Waals surface area contributed by atoms with Crippen molar-refractivity contribution in [2.75, 3.05) is 16.6 Å². The summed E-state index contributed by atoms with van der Waals surface area (Å²) in [6, 6.07) is 9.34. The molecule has 0 spiro atoms. The molecule has 0 unspecified atom stereocenters. The van der Waals surface area contributed by atoms with E-state index >= 15 is 0 Å². The molecule has 4 rings (SSSR count). The van der Waals surface area contributed by atoms with Crippen molar-refractivity contribution in [1.29, 1.82) is 0 Å². The second-order valence-corrected chi connectivity index (χ2v) is 11.2. The molecule has 32 heavy (non-hydrogen) atoms. The van der Waals surface area contributed by atoms with Crippen LogP contribution >= 0.6 is 22.7 Å². The maximum absolute atomic E-state index is 12.8. The molecule has 2 aromatic heterocycles. The van der Waals surface area contributed by atoms with E-state index in [1.807, 2.05) is 0 Å². The largest absolute Gasteiger partial charge is 0.462 e. The maximum atomic E-state index is 12.8. The zero-order valence-corrected chi connectivity index (χ0v) is 19.8. The summed E-state index contributed by atoms with van der Waals surface area (Å²) in [5.74, 6) is -0.789. The van der Waals surface area contributed by atoms with E-state index in [0.29, 0.717) is 21.8 Å². The zero-order valence-electron chi connectivity index (χ0n) is 17.3. The van der Waals surface area contributed by atoms with Gasteiger partial charge in [-0.25, -0.2) is 13.2 Å². The van der Waals surface area contributed by atoms with Crippen LogP contribution in [0.1, 0.15) is 50.9 Å². The van der Waals surface area contributed by atoms with E-state index in [0.717, 1.165) is 47.5 Å². The van der Waals surface area contributed by atoms with Crippen LogP contribution in [0.25, 0.3) is 0 Å². The average molecular weight is 491 g/mol. The molecule has 0 fully saturated rings. The minimum atomic E-state index is -3.66. The van der Waals surface area contributed by atoms with Gasteiger partial charge in [0.15, 0.2) is 0 Å². The predicted molar refractivity (Wildman–Crippen MR) is 126 cm³/mol. The molecule has 1 aliphatic carbocycles. The first-order valence-electron chi connectivity index (χ1n) is 10.2. The Morgan fingerprint density at radius 2 is 1.84 bits per heavy atom. The highest BCUT2D eigenvalue weighted by molar-refractivity contribution is 7.94. The monoisotopic (exact) mass is 490 g/mol. The Labute approximate surface area is 194 Å². The molecule has 1 amide bonds. The van der Waals surface area contributed by atoms with Gasteiger partial charge in [-0.15, -0.1) is 22.7 Å². The van der Waals surface area contributed by atoms with Crippen molar-refractivity contribution in [3.05, 3.63) is 63.3 Å². The Morgan fingerprint density at radius 3 is 2.53 bits per heavy atom. The topological polar surface area (TPSA) is 102 Å². The standard InChI is InChI=1S/C22H22N2O5S3/c1-2-29-22(26)19-16-6-3-4-7-17(16)31-21(19)23-20(25)14-9-11-15(12-10-14)24-32(27,28)18-8-5-13-30-18/h5,8-13,24H,2-4,6-7H2,1H3,(H,23,25). The number of esters is 1. The van der Waals surface area contributed by atoms with E-state index in [-0.39, 0.29) is 16.7 Å². The van der Waals surface area contributed by atoms with Gasteiger partial charge in [-0.3, -0.25) is 9.52 Å². The number of amides is 1. The second kappa shape index (κ2) is 9.43. The Bertz CT molecular complexity index is 1230. The van der Waals surface area contributed by atoms with Crippen molar-refractivity contribution in [2.45, 2.75) is 36.8 Å². The molecule has 168 valence electrons. The number of fused-ring (bicyclic) bond motifs is 1. The number of ether oxygens (including phenoxy) is 1. The highest BCUT2D eigenvalue weighted by atomic mass is 32.2. The lowest BCUT2D eigenvalue weighted by Gasteiger charge is -2.12. The molecular formula is C22H22N2O5S3. The van der Waals surface area contributed by atoms with E-state index in [2.05, 4.69) is 10.0 Å². The molecule has 7 nitrogen and oxygen atoms in total. The van der Waals surface area contributed by atoms with Gasteiger partial charge in [0.25, 0.3) is 15.9 Å². The number of nitrogens with one attached hydrogen (secondary N) is 2. The first-order chi connectivity index (χ1) is 15.4. The maximum Gasteiger partial charge on any atom is 0.341 e. The molecule has 3 aromatic rings. The number of rotatable bonds is 7. The summed E-state index contributed by atoms with van der Waals surface area (Å²) in [5, 5.41) is 5.05. The molecule has 0 aliphatic heterocycles. The lowest BCUT2D eigenvalue weighted by Crippen LogP contribution is -2.16. The first kappa shape index (κ1) is 22.5. The van der Waals surface area contributed by atoms with Gasteiger partial charge in [0.2, 0.25) is 0 Å². The van der Waals surface area contributed by atoms with Crippen LogP contribution in [0.4, 0.5) is 10.7 Å². The van der Waals surface area contributed by atoms with Crippen LogP contribution in [0.3, 0.4) is 0 Å². The number of sulfonamides is 1. The second-order valence-electron chi connectivity index (χ2n) is 7.20. The van der Waals surface area contributed by atoms with Gasteiger partial charge in [-0.2, -0.15) is 0 Å². The molecule has 0 saturated carbocycles.